The molecule has 1 atom stereocenters. The van der Waals surface area contributed by atoms with Crippen molar-refractivity contribution >= 4 is 17.2 Å². The van der Waals surface area contributed by atoms with Crippen molar-refractivity contribution in [1.82, 2.24) is 15.5 Å². The fourth-order valence-electron chi connectivity index (χ4n) is 2.24. The van der Waals surface area contributed by atoms with Gasteiger partial charge in [-0.05, 0) is 44.7 Å². The molecule has 1 unspecified atom stereocenters. The Hall–Kier alpha value is -1.62. The Labute approximate surface area is 117 Å². The standard InChI is InChI=1S/C14H19N3OS/c1-8-5-12(19-7-8)6-15-14(18)9(2)13-10(3)16-17-11(13)4/h5,7,9H,6H2,1-4H3,(H,15,18)(H,16,17). The van der Waals surface area contributed by atoms with Crippen LogP contribution in [0.2, 0.25) is 0 Å². The van der Waals surface area contributed by atoms with Crippen molar-refractivity contribution in [2.75, 3.05) is 0 Å². The molecular weight excluding hydrogens is 258 g/mol. The quantitative estimate of drug-likeness (QED) is 0.903. The van der Waals surface area contributed by atoms with E-state index in [1.165, 1.54) is 10.4 Å². The molecule has 0 aliphatic rings. The Morgan fingerprint density at radius 3 is 2.74 bits per heavy atom. The SMILES string of the molecule is Cc1csc(CNC(=O)C(C)c2c(C)n[nH]c2C)c1. The minimum atomic E-state index is -0.181. The average molecular weight is 277 g/mol. The maximum absolute atomic E-state index is 12.2. The number of aryl methyl sites for hydroxylation is 3. The van der Waals surface area contributed by atoms with Gasteiger partial charge in [0.05, 0.1) is 18.2 Å². The summed E-state index contributed by atoms with van der Waals surface area (Å²) in [7, 11) is 0. The molecule has 102 valence electrons. The zero-order chi connectivity index (χ0) is 14.0. The molecule has 0 spiro atoms. The smallest absolute Gasteiger partial charge is 0.227 e. The normalized spacial score (nSPS) is 12.4. The van der Waals surface area contributed by atoms with Crippen molar-refractivity contribution in [1.29, 1.82) is 0 Å². The number of nitrogens with one attached hydrogen (secondary N) is 2. The van der Waals surface area contributed by atoms with Crippen LogP contribution in [-0.4, -0.2) is 16.1 Å². The molecule has 19 heavy (non-hydrogen) atoms. The summed E-state index contributed by atoms with van der Waals surface area (Å²) in [5.74, 6) is -0.140. The molecule has 2 heterocycles. The first-order valence-corrected chi connectivity index (χ1v) is 7.20. The number of aromatic nitrogens is 2. The second kappa shape index (κ2) is 5.57. The lowest BCUT2D eigenvalue weighted by molar-refractivity contribution is -0.122. The first-order valence-electron chi connectivity index (χ1n) is 6.32. The largest absolute Gasteiger partial charge is 0.351 e. The van der Waals surface area contributed by atoms with Gasteiger partial charge < -0.3 is 5.32 Å². The summed E-state index contributed by atoms with van der Waals surface area (Å²) in [5.41, 5.74) is 4.10. The summed E-state index contributed by atoms with van der Waals surface area (Å²) in [6, 6.07) is 2.10. The van der Waals surface area contributed by atoms with E-state index in [0.29, 0.717) is 6.54 Å². The van der Waals surface area contributed by atoms with Gasteiger partial charge in [-0.3, -0.25) is 9.89 Å². The van der Waals surface area contributed by atoms with Gasteiger partial charge in [0.2, 0.25) is 5.91 Å². The van der Waals surface area contributed by atoms with Gasteiger partial charge >= 0.3 is 0 Å². The zero-order valence-electron chi connectivity index (χ0n) is 11.7. The van der Waals surface area contributed by atoms with Crippen LogP contribution < -0.4 is 5.32 Å². The van der Waals surface area contributed by atoms with Gasteiger partial charge in [0.15, 0.2) is 0 Å². The number of hydrogen-bond acceptors (Lipinski definition) is 3. The van der Waals surface area contributed by atoms with Crippen molar-refractivity contribution in [2.45, 2.75) is 40.2 Å². The minimum absolute atomic E-state index is 0.0404. The lowest BCUT2D eigenvalue weighted by atomic mass is 9.98. The second-order valence-electron chi connectivity index (χ2n) is 4.88. The molecule has 0 aliphatic heterocycles. The average Bonchev–Trinajstić information content (AvgIpc) is 2.92. The predicted molar refractivity (Wildman–Crippen MR) is 77.4 cm³/mol. The number of amides is 1. The summed E-state index contributed by atoms with van der Waals surface area (Å²) in [6.45, 7) is 8.44. The van der Waals surface area contributed by atoms with Gasteiger partial charge in [0, 0.05) is 16.1 Å². The van der Waals surface area contributed by atoms with Crippen LogP contribution in [0, 0.1) is 20.8 Å². The summed E-state index contributed by atoms with van der Waals surface area (Å²) in [5, 5.41) is 12.1. The van der Waals surface area contributed by atoms with Crippen molar-refractivity contribution < 1.29 is 4.79 Å². The summed E-state index contributed by atoms with van der Waals surface area (Å²) in [6.07, 6.45) is 0. The highest BCUT2D eigenvalue weighted by Crippen LogP contribution is 2.21. The number of nitrogens with zero attached hydrogens (tertiary/aromatic N) is 1. The van der Waals surface area contributed by atoms with Crippen molar-refractivity contribution in [3.05, 3.63) is 38.8 Å². The van der Waals surface area contributed by atoms with Crippen molar-refractivity contribution in [3.8, 4) is 0 Å². The Bertz CT molecular complexity index is 566. The molecule has 0 radical (unpaired) electrons. The Morgan fingerprint density at radius 1 is 1.47 bits per heavy atom. The topological polar surface area (TPSA) is 57.8 Å². The number of H-pyrrole nitrogens is 1. The number of hydrogen-bond donors (Lipinski definition) is 2. The van der Waals surface area contributed by atoms with E-state index in [4.69, 9.17) is 0 Å². The predicted octanol–water partition coefficient (Wildman–Crippen LogP) is 2.82. The van der Waals surface area contributed by atoms with Gasteiger partial charge in [0.25, 0.3) is 0 Å². The maximum atomic E-state index is 12.2. The fourth-order valence-corrected chi connectivity index (χ4v) is 3.05. The van der Waals surface area contributed by atoms with Crippen molar-refractivity contribution in [2.24, 2.45) is 0 Å². The molecule has 0 saturated heterocycles. The Kier molecular flexibility index (Phi) is 4.04. The number of thiophene rings is 1. The Balaban J connectivity index is 2.00. The van der Waals surface area contributed by atoms with E-state index in [0.717, 1.165) is 17.0 Å². The van der Waals surface area contributed by atoms with E-state index in [2.05, 4.69) is 33.9 Å². The lowest BCUT2D eigenvalue weighted by Gasteiger charge is -2.12. The molecule has 2 aromatic rings. The fraction of sp³-hybridized carbons (Fsp3) is 0.429. The van der Waals surface area contributed by atoms with Crippen LogP contribution in [-0.2, 0) is 11.3 Å². The van der Waals surface area contributed by atoms with Gasteiger partial charge in [-0.15, -0.1) is 11.3 Å². The molecule has 2 aromatic heterocycles. The maximum Gasteiger partial charge on any atom is 0.227 e. The molecule has 0 bridgehead atoms. The molecule has 4 nitrogen and oxygen atoms in total. The molecule has 2 rings (SSSR count). The van der Waals surface area contributed by atoms with Gasteiger partial charge in [-0.25, -0.2) is 0 Å². The molecule has 2 N–H and O–H groups in total. The zero-order valence-corrected chi connectivity index (χ0v) is 12.5. The third kappa shape index (κ3) is 3.04. The number of rotatable bonds is 4. The first-order chi connectivity index (χ1) is 8.99. The molecule has 0 aromatic carbocycles. The molecule has 0 saturated carbocycles. The van der Waals surface area contributed by atoms with E-state index < -0.39 is 0 Å². The minimum Gasteiger partial charge on any atom is -0.351 e. The van der Waals surface area contributed by atoms with Crippen LogP contribution in [0.15, 0.2) is 11.4 Å². The third-order valence-corrected chi connectivity index (χ3v) is 4.29. The molecule has 0 aliphatic carbocycles. The van der Waals surface area contributed by atoms with Gasteiger partial charge in [-0.2, -0.15) is 5.10 Å². The molecule has 1 amide bonds. The number of carbonyl (C=O) groups excluding carboxylic acids is 1. The van der Waals surface area contributed by atoms with Crippen LogP contribution >= 0.6 is 11.3 Å². The summed E-state index contributed by atoms with van der Waals surface area (Å²) >= 11 is 1.67. The van der Waals surface area contributed by atoms with E-state index in [9.17, 15) is 4.79 Å². The van der Waals surface area contributed by atoms with E-state index >= 15 is 0 Å². The highest BCUT2D eigenvalue weighted by Gasteiger charge is 2.21. The van der Waals surface area contributed by atoms with Gasteiger partial charge in [-0.1, -0.05) is 0 Å². The van der Waals surface area contributed by atoms with E-state index in [1.54, 1.807) is 11.3 Å². The first kappa shape index (κ1) is 13.8. The molecule has 0 fully saturated rings. The van der Waals surface area contributed by atoms with Crippen LogP contribution in [0.1, 0.15) is 40.2 Å². The van der Waals surface area contributed by atoms with Crippen LogP contribution in [0.5, 0.6) is 0 Å². The van der Waals surface area contributed by atoms with Gasteiger partial charge in [0.1, 0.15) is 0 Å². The van der Waals surface area contributed by atoms with Crippen LogP contribution in [0.3, 0.4) is 0 Å². The summed E-state index contributed by atoms with van der Waals surface area (Å²) < 4.78 is 0. The third-order valence-electron chi connectivity index (χ3n) is 3.23. The highest BCUT2D eigenvalue weighted by atomic mass is 32.1. The van der Waals surface area contributed by atoms with Crippen LogP contribution in [0.4, 0.5) is 0 Å². The van der Waals surface area contributed by atoms with E-state index in [1.807, 2.05) is 20.8 Å². The van der Waals surface area contributed by atoms with Crippen LogP contribution in [0.25, 0.3) is 0 Å². The molecule has 5 heteroatoms. The number of carbonyl (C=O) groups is 1. The lowest BCUT2D eigenvalue weighted by Crippen LogP contribution is -2.27. The highest BCUT2D eigenvalue weighted by molar-refractivity contribution is 7.10. The summed E-state index contributed by atoms with van der Waals surface area (Å²) in [4.78, 5) is 13.4. The van der Waals surface area contributed by atoms with Crippen molar-refractivity contribution in [3.63, 3.8) is 0 Å². The monoisotopic (exact) mass is 277 g/mol. The second-order valence-corrected chi connectivity index (χ2v) is 5.87. The molecular formula is C14H19N3OS. The number of aromatic amines is 1. The van der Waals surface area contributed by atoms with E-state index in [-0.39, 0.29) is 11.8 Å². The Morgan fingerprint density at radius 2 is 2.21 bits per heavy atom.